The van der Waals surface area contributed by atoms with Gasteiger partial charge in [-0.2, -0.15) is 13.2 Å². The van der Waals surface area contributed by atoms with Crippen LogP contribution in [0, 0.1) is 5.92 Å². The van der Waals surface area contributed by atoms with Gasteiger partial charge in [-0.1, -0.05) is 19.3 Å². The molecule has 2 fully saturated rings. The van der Waals surface area contributed by atoms with Crippen molar-refractivity contribution >= 4 is 29.3 Å². The molecule has 1 saturated heterocycles. The predicted octanol–water partition coefficient (Wildman–Crippen LogP) is 5.08. The number of anilines is 1. The molecule has 2 heterocycles. The van der Waals surface area contributed by atoms with Gasteiger partial charge in [0.2, 0.25) is 11.8 Å². The first-order valence-corrected chi connectivity index (χ1v) is 11.2. The summed E-state index contributed by atoms with van der Waals surface area (Å²) in [5, 5.41) is 1.95. The third-order valence-electron chi connectivity index (χ3n) is 6.30. The van der Waals surface area contributed by atoms with Gasteiger partial charge < -0.3 is 10.2 Å². The maximum absolute atomic E-state index is 13.0. The highest BCUT2D eigenvalue weighted by Gasteiger charge is 2.38. The molecule has 1 N–H and O–H groups in total. The van der Waals surface area contributed by atoms with Crippen LogP contribution in [0.2, 0.25) is 0 Å². The first-order chi connectivity index (χ1) is 13.8. The minimum Gasteiger partial charge on any atom is -0.339 e. The van der Waals surface area contributed by atoms with Crippen molar-refractivity contribution in [3.05, 3.63) is 23.8 Å². The number of hydrogen-bond acceptors (Lipinski definition) is 3. The maximum Gasteiger partial charge on any atom is 0.416 e. The second-order valence-corrected chi connectivity index (χ2v) is 9.45. The lowest BCUT2D eigenvalue weighted by Gasteiger charge is -2.35. The second kappa shape index (κ2) is 8.20. The molecule has 0 unspecified atom stereocenters. The smallest absolute Gasteiger partial charge is 0.339 e. The van der Waals surface area contributed by atoms with Gasteiger partial charge in [0.25, 0.3) is 0 Å². The molecule has 2 amide bonds. The highest BCUT2D eigenvalue weighted by Crippen LogP contribution is 2.41. The molecule has 1 aliphatic carbocycles. The highest BCUT2D eigenvalue weighted by molar-refractivity contribution is 8.01. The number of amides is 2. The topological polar surface area (TPSA) is 49.4 Å². The first kappa shape index (κ1) is 20.6. The number of alkyl halides is 3. The number of rotatable bonds is 3. The molecular weight excluding hydrogens is 401 g/mol. The molecule has 3 aliphatic rings. The van der Waals surface area contributed by atoms with Crippen molar-refractivity contribution < 1.29 is 22.8 Å². The summed E-state index contributed by atoms with van der Waals surface area (Å²) in [5.41, 5.74) is -0.626. The van der Waals surface area contributed by atoms with Crippen LogP contribution < -0.4 is 5.32 Å². The van der Waals surface area contributed by atoms with Gasteiger partial charge in [-0.25, -0.2) is 0 Å². The fraction of sp³-hybridized carbons (Fsp3) is 0.619. The quantitative estimate of drug-likeness (QED) is 0.733. The molecule has 2 aliphatic heterocycles. The van der Waals surface area contributed by atoms with Crippen molar-refractivity contribution in [3.8, 4) is 0 Å². The third-order valence-corrected chi connectivity index (χ3v) is 7.58. The first-order valence-electron chi connectivity index (χ1n) is 10.3. The highest BCUT2D eigenvalue weighted by atomic mass is 32.2. The Bertz CT molecular complexity index is 793. The second-order valence-electron chi connectivity index (χ2n) is 8.20. The van der Waals surface area contributed by atoms with E-state index in [0.717, 1.165) is 31.5 Å². The Morgan fingerprint density at radius 3 is 2.62 bits per heavy atom. The van der Waals surface area contributed by atoms with E-state index >= 15 is 0 Å². The molecule has 1 saturated carbocycles. The standard InChI is InChI=1S/C21H25F3N2O2S/c22-21(23,24)14-8-9-17-15(11-14)25-20(28)18(29-17)12-19(27)26-10-4-7-16(26)13-5-2-1-3-6-13/h8-9,11,13,16,18H,1-7,10,12H2,(H,25,28)/t16-,18+/m0/s1. The monoisotopic (exact) mass is 426 g/mol. The fourth-order valence-corrected chi connectivity index (χ4v) is 5.93. The Balaban J connectivity index is 1.43. The van der Waals surface area contributed by atoms with Crippen molar-refractivity contribution in [3.63, 3.8) is 0 Å². The van der Waals surface area contributed by atoms with E-state index in [1.807, 2.05) is 4.90 Å². The van der Waals surface area contributed by atoms with Crippen LogP contribution in [0.15, 0.2) is 23.1 Å². The number of fused-ring (bicyclic) bond motifs is 1. The summed E-state index contributed by atoms with van der Waals surface area (Å²) in [7, 11) is 0. The Kier molecular flexibility index (Phi) is 5.82. The van der Waals surface area contributed by atoms with Gasteiger partial charge >= 0.3 is 6.18 Å². The summed E-state index contributed by atoms with van der Waals surface area (Å²) < 4.78 is 38.7. The molecular formula is C21H25F3N2O2S. The molecule has 4 nitrogen and oxygen atoms in total. The Hall–Kier alpha value is -1.70. The number of carbonyl (C=O) groups is 2. The lowest BCUT2D eigenvalue weighted by Crippen LogP contribution is -2.43. The van der Waals surface area contributed by atoms with E-state index in [2.05, 4.69) is 5.32 Å². The summed E-state index contributed by atoms with van der Waals surface area (Å²) >= 11 is 1.18. The summed E-state index contributed by atoms with van der Waals surface area (Å²) in [6.07, 6.45) is 3.71. The third kappa shape index (κ3) is 4.42. The van der Waals surface area contributed by atoms with Gasteiger partial charge in [0.1, 0.15) is 0 Å². The van der Waals surface area contributed by atoms with Gasteiger partial charge in [-0.15, -0.1) is 11.8 Å². The van der Waals surface area contributed by atoms with E-state index in [1.165, 1.54) is 49.9 Å². The molecule has 0 radical (unpaired) electrons. The number of hydrogen-bond donors (Lipinski definition) is 1. The Morgan fingerprint density at radius 1 is 1.14 bits per heavy atom. The van der Waals surface area contributed by atoms with Gasteiger partial charge in [0.05, 0.1) is 16.5 Å². The van der Waals surface area contributed by atoms with Crippen LogP contribution in [0.4, 0.5) is 18.9 Å². The number of nitrogens with zero attached hydrogens (tertiary/aromatic N) is 1. The molecule has 0 bridgehead atoms. The Morgan fingerprint density at radius 2 is 1.90 bits per heavy atom. The van der Waals surface area contributed by atoms with E-state index in [0.29, 0.717) is 10.8 Å². The van der Waals surface area contributed by atoms with E-state index in [-0.39, 0.29) is 24.1 Å². The van der Waals surface area contributed by atoms with Gasteiger partial charge in [-0.05, 0) is 49.8 Å². The molecule has 8 heteroatoms. The molecule has 4 rings (SSSR count). The van der Waals surface area contributed by atoms with Crippen LogP contribution in [0.1, 0.15) is 56.9 Å². The van der Waals surface area contributed by atoms with E-state index in [4.69, 9.17) is 0 Å². The molecule has 1 aromatic carbocycles. The summed E-state index contributed by atoms with van der Waals surface area (Å²) in [5.74, 6) is 0.147. The van der Waals surface area contributed by atoms with Crippen molar-refractivity contribution in [1.29, 1.82) is 0 Å². The number of thioether (sulfide) groups is 1. The van der Waals surface area contributed by atoms with Crippen molar-refractivity contribution in [2.24, 2.45) is 5.92 Å². The van der Waals surface area contributed by atoms with E-state index < -0.39 is 22.9 Å². The zero-order chi connectivity index (χ0) is 20.6. The summed E-state index contributed by atoms with van der Waals surface area (Å²) in [6, 6.07) is 3.63. The summed E-state index contributed by atoms with van der Waals surface area (Å²) in [4.78, 5) is 28.0. The van der Waals surface area contributed by atoms with Gasteiger partial charge in [-0.3, -0.25) is 9.59 Å². The van der Waals surface area contributed by atoms with Crippen LogP contribution in [-0.2, 0) is 15.8 Å². The van der Waals surface area contributed by atoms with Crippen LogP contribution in [0.5, 0.6) is 0 Å². The largest absolute Gasteiger partial charge is 0.416 e. The maximum atomic E-state index is 13.0. The normalized spacial score (nSPS) is 25.6. The molecule has 1 aromatic rings. The predicted molar refractivity (Wildman–Crippen MR) is 106 cm³/mol. The van der Waals surface area contributed by atoms with Gasteiger partial charge in [0.15, 0.2) is 0 Å². The molecule has 0 spiro atoms. The zero-order valence-corrected chi connectivity index (χ0v) is 17.0. The number of carbonyl (C=O) groups excluding carboxylic acids is 2. The number of halogens is 3. The number of benzene rings is 1. The van der Waals surface area contributed by atoms with Crippen molar-refractivity contribution in [1.82, 2.24) is 4.90 Å². The van der Waals surface area contributed by atoms with Crippen LogP contribution in [0.25, 0.3) is 0 Å². The summed E-state index contributed by atoms with van der Waals surface area (Å²) in [6.45, 7) is 0.741. The van der Waals surface area contributed by atoms with E-state index in [9.17, 15) is 22.8 Å². The molecule has 29 heavy (non-hydrogen) atoms. The molecule has 158 valence electrons. The van der Waals surface area contributed by atoms with Crippen LogP contribution >= 0.6 is 11.8 Å². The van der Waals surface area contributed by atoms with Crippen molar-refractivity contribution in [2.45, 2.75) is 73.7 Å². The van der Waals surface area contributed by atoms with Crippen LogP contribution in [0.3, 0.4) is 0 Å². The fourth-order valence-electron chi connectivity index (χ4n) is 4.85. The zero-order valence-electron chi connectivity index (χ0n) is 16.1. The van der Waals surface area contributed by atoms with Gasteiger partial charge in [0, 0.05) is 23.9 Å². The minimum absolute atomic E-state index is 0.0129. The molecule has 0 aromatic heterocycles. The lowest BCUT2D eigenvalue weighted by atomic mass is 9.83. The van der Waals surface area contributed by atoms with Crippen LogP contribution in [-0.4, -0.2) is 34.6 Å². The Labute approximate surface area is 172 Å². The molecule has 2 atom stereocenters. The van der Waals surface area contributed by atoms with E-state index in [1.54, 1.807) is 0 Å². The number of likely N-dealkylation sites (tertiary alicyclic amines) is 1. The lowest BCUT2D eigenvalue weighted by molar-refractivity contribution is -0.137. The minimum atomic E-state index is -4.46. The average molecular weight is 427 g/mol. The van der Waals surface area contributed by atoms with Crippen molar-refractivity contribution in [2.75, 3.05) is 11.9 Å². The SMILES string of the molecule is O=C1Nc2cc(C(F)(F)F)ccc2S[C@@H]1CC(=O)N1CCC[C@H]1C1CCCCC1. The average Bonchev–Trinajstić information content (AvgIpc) is 3.18. The number of nitrogens with one attached hydrogen (secondary N) is 1.